The van der Waals surface area contributed by atoms with Crippen molar-refractivity contribution in [3.05, 3.63) is 47.8 Å². The molecule has 5 nitrogen and oxygen atoms in total. The van der Waals surface area contributed by atoms with Crippen molar-refractivity contribution in [3.8, 4) is 5.75 Å². The number of hydrogen-bond donors (Lipinski definition) is 1. The molecule has 19 heavy (non-hydrogen) atoms. The molecule has 1 aromatic carbocycles. The molecule has 1 heterocycles. The molecule has 0 spiro atoms. The first-order valence-electron chi connectivity index (χ1n) is 5.34. The van der Waals surface area contributed by atoms with E-state index >= 15 is 0 Å². The summed E-state index contributed by atoms with van der Waals surface area (Å²) in [6.07, 6.45) is 3.22. The van der Waals surface area contributed by atoms with Gasteiger partial charge in [-0.3, -0.25) is 4.68 Å². The normalized spacial score (nSPS) is 10.7. The van der Waals surface area contributed by atoms with E-state index < -0.39 is 12.6 Å². The number of benzene rings is 1. The summed E-state index contributed by atoms with van der Waals surface area (Å²) in [7, 11) is 0. The van der Waals surface area contributed by atoms with Gasteiger partial charge < -0.3 is 9.84 Å². The molecule has 2 aromatic rings. The highest BCUT2D eigenvalue weighted by Crippen LogP contribution is 2.23. The predicted molar refractivity (Wildman–Crippen MR) is 61.4 cm³/mol. The van der Waals surface area contributed by atoms with Crippen molar-refractivity contribution < 1.29 is 23.4 Å². The minimum absolute atomic E-state index is 0.111. The topological polar surface area (TPSA) is 64.3 Å². The van der Waals surface area contributed by atoms with Crippen LogP contribution in [0.15, 0.2) is 36.7 Å². The van der Waals surface area contributed by atoms with Gasteiger partial charge in [0.15, 0.2) is 0 Å². The molecule has 0 unspecified atom stereocenters. The second kappa shape index (κ2) is 5.47. The van der Waals surface area contributed by atoms with E-state index in [0.717, 1.165) is 6.07 Å². The third-order valence-corrected chi connectivity index (χ3v) is 2.42. The lowest BCUT2D eigenvalue weighted by Gasteiger charge is -2.11. The van der Waals surface area contributed by atoms with E-state index in [0.29, 0.717) is 5.56 Å². The van der Waals surface area contributed by atoms with E-state index in [1.54, 1.807) is 18.5 Å². The Bertz CT molecular complexity index is 570. The summed E-state index contributed by atoms with van der Waals surface area (Å²) in [4.78, 5) is 10.8. The zero-order valence-corrected chi connectivity index (χ0v) is 9.66. The Hall–Kier alpha value is -2.44. The first kappa shape index (κ1) is 13.0. The largest absolute Gasteiger partial charge is 0.478 e. The first-order chi connectivity index (χ1) is 9.06. The maximum Gasteiger partial charge on any atom is 0.387 e. The van der Waals surface area contributed by atoms with Crippen LogP contribution in [0.25, 0.3) is 0 Å². The zero-order chi connectivity index (χ0) is 13.8. The van der Waals surface area contributed by atoms with Crippen molar-refractivity contribution in [3.63, 3.8) is 0 Å². The summed E-state index contributed by atoms with van der Waals surface area (Å²) in [5, 5.41) is 12.8. The number of halogens is 2. The van der Waals surface area contributed by atoms with Gasteiger partial charge in [0.2, 0.25) is 0 Å². The number of alkyl halides is 2. The summed E-state index contributed by atoms with van der Waals surface area (Å²) in [5.41, 5.74) is 0.314. The Morgan fingerprint density at radius 2 is 2.26 bits per heavy atom. The lowest BCUT2D eigenvalue weighted by Crippen LogP contribution is -2.09. The Balaban J connectivity index is 2.32. The monoisotopic (exact) mass is 268 g/mol. The van der Waals surface area contributed by atoms with Gasteiger partial charge in [0.1, 0.15) is 5.75 Å². The van der Waals surface area contributed by atoms with Crippen molar-refractivity contribution in [2.24, 2.45) is 0 Å². The zero-order valence-electron chi connectivity index (χ0n) is 9.66. The maximum atomic E-state index is 12.3. The first-order valence-corrected chi connectivity index (χ1v) is 5.34. The van der Waals surface area contributed by atoms with Crippen LogP contribution in [0.4, 0.5) is 8.78 Å². The van der Waals surface area contributed by atoms with Crippen LogP contribution in [0.3, 0.4) is 0 Å². The summed E-state index contributed by atoms with van der Waals surface area (Å²) in [6.45, 7) is -2.80. The van der Waals surface area contributed by atoms with Gasteiger partial charge in [0, 0.05) is 18.0 Å². The van der Waals surface area contributed by atoms with Crippen LogP contribution in [0.5, 0.6) is 5.75 Å². The number of carbonyl (C=O) groups is 1. The predicted octanol–water partition coefficient (Wildman–Crippen LogP) is 2.23. The summed E-state index contributed by atoms with van der Waals surface area (Å²) < 4.78 is 30.5. The van der Waals surface area contributed by atoms with Gasteiger partial charge in [-0.15, -0.1) is 0 Å². The minimum atomic E-state index is -3.01. The van der Waals surface area contributed by atoms with Crippen LogP contribution < -0.4 is 4.74 Å². The highest BCUT2D eigenvalue weighted by Gasteiger charge is 2.13. The molecular weight excluding hydrogens is 258 g/mol. The molecule has 0 radical (unpaired) electrons. The van der Waals surface area contributed by atoms with Crippen LogP contribution in [0.1, 0.15) is 15.9 Å². The fraction of sp³-hybridized carbons (Fsp3) is 0.167. The van der Waals surface area contributed by atoms with Crippen LogP contribution in [0, 0.1) is 0 Å². The van der Waals surface area contributed by atoms with Crippen molar-refractivity contribution in [2.45, 2.75) is 13.2 Å². The lowest BCUT2D eigenvalue weighted by molar-refractivity contribution is -0.0505. The Morgan fingerprint density at radius 3 is 2.84 bits per heavy atom. The van der Waals surface area contributed by atoms with Gasteiger partial charge >= 0.3 is 12.6 Å². The smallest absolute Gasteiger partial charge is 0.387 e. The molecular formula is C12H10F2N2O3. The average molecular weight is 268 g/mol. The van der Waals surface area contributed by atoms with E-state index in [2.05, 4.69) is 9.84 Å². The van der Waals surface area contributed by atoms with Crippen LogP contribution >= 0.6 is 0 Å². The van der Waals surface area contributed by atoms with E-state index in [1.807, 2.05) is 0 Å². The number of carboxylic acids is 1. The number of nitrogens with zero attached hydrogens (tertiary/aromatic N) is 2. The number of ether oxygens (including phenoxy) is 1. The van der Waals surface area contributed by atoms with Crippen molar-refractivity contribution >= 4 is 5.97 Å². The van der Waals surface area contributed by atoms with E-state index in [4.69, 9.17) is 5.11 Å². The fourth-order valence-corrected chi connectivity index (χ4v) is 1.59. The standard InChI is InChI=1S/C12H10F2N2O3/c13-12(14)19-10-6-8(11(17)18)2-3-9(10)7-16-5-1-4-15-16/h1-6,12H,7H2,(H,17,18). The Kier molecular flexibility index (Phi) is 3.74. The summed E-state index contributed by atoms with van der Waals surface area (Å²) >= 11 is 0. The quantitative estimate of drug-likeness (QED) is 0.903. The summed E-state index contributed by atoms with van der Waals surface area (Å²) in [6, 6.07) is 5.54. The SMILES string of the molecule is O=C(O)c1ccc(Cn2cccn2)c(OC(F)F)c1. The molecule has 0 saturated carbocycles. The fourth-order valence-electron chi connectivity index (χ4n) is 1.59. The second-order valence-corrected chi connectivity index (χ2v) is 3.71. The van der Waals surface area contributed by atoms with Crippen LogP contribution in [-0.4, -0.2) is 27.5 Å². The summed E-state index contributed by atoms with van der Waals surface area (Å²) in [5.74, 6) is -1.37. The number of aromatic carboxylic acids is 1. The van der Waals surface area contributed by atoms with Gasteiger partial charge in [-0.05, 0) is 18.2 Å². The second-order valence-electron chi connectivity index (χ2n) is 3.71. The molecule has 2 rings (SSSR count). The molecule has 0 atom stereocenters. The van der Waals surface area contributed by atoms with Crippen molar-refractivity contribution in [2.75, 3.05) is 0 Å². The molecule has 0 fully saturated rings. The van der Waals surface area contributed by atoms with E-state index in [-0.39, 0.29) is 17.9 Å². The highest BCUT2D eigenvalue weighted by molar-refractivity contribution is 5.88. The maximum absolute atomic E-state index is 12.3. The molecule has 1 aromatic heterocycles. The molecule has 100 valence electrons. The lowest BCUT2D eigenvalue weighted by atomic mass is 10.1. The van der Waals surface area contributed by atoms with Gasteiger partial charge in [0.05, 0.1) is 12.1 Å². The number of rotatable bonds is 5. The van der Waals surface area contributed by atoms with Crippen LogP contribution in [0.2, 0.25) is 0 Å². The molecule has 1 N–H and O–H groups in total. The highest BCUT2D eigenvalue weighted by atomic mass is 19.3. The van der Waals surface area contributed by atoms with Crippen molar-refractivity contribution in [1.29, 1.82) is 0 Å². The third kappa shape index (κ3) is 3.27. The molecule has 0 aliphatic heterocycles. The molecule has 7 heteroatoms. The molecule has 0 amide bonds. The average Bonchev–Trinajstić information content (AvgIpc) is 2.83. The van der Waals surface area contributed by atoms with Crippen molar-refractivity contribution in [1.82, 2.24) is 9.78 Å². The number of aromatic nitrogens is 2. The molecule has 0 saturated heterocycles. The van der Waals surface area contributed by atoms with Crippen LogP contribution in [-0.2, 0) is 6.54 Å². The third-order valence-electron chi connectivity index (χ3n) is 2.42. The Morgan fingerprint density at radius 1 is 1.47 bits per heavy atom. The number of carboxylic acid groups (broad SMARTS) is 1. The van der Waals surface area contributed by atoms with Gasteiger partial charge in [-0.25, -0.2) is 4.79 Å². The number of hydrogen-bond acceptors (Lipinski definition) is 3. The Labute approximate surface area is 107 Å². The van der Waals surface area contributed by atoms with E-state index in [9.17, 15) is 13.6 Å². The van der Waals surface area contributed by atoms with Gasteiger partial charge in [-0.1, -0.05) is 6.07 Å². The van der Waals surface area contributed by atoms with Gasteiger partial charge in [-0.2, -0.15) is 13.9 Å². The minimum Gasteiger partial charge on any atom is -0.478 e. The van der Waals surface area contributed by atoms with Gasteiger partial charge in [0.25, 0.3) is 0 Å². The van der Waals surface area contributed by atoms with E-state index in [1.165, 1.54) is 16.8 Å². The molecule has 0 aliphatic carbocycles. The molecule has 0 bridgehead atoms. The molecule has 0 aliphatic rings.